The number of amidine groups is 1. The van der Waals surface area contributed by atoms with Crippen LogP contribution in [0.15, 0.2) is 58.8 Å². The number of fused-ring (bicyclic) bond motifs is 1. The van der Waals surface area contributed by atoms with E-state index in [0.717, 1.165) is 21.9 Å². The molecule has 0 aliphatic heterocycles. The standard InChI is InChI=1S/C15H14N4OS/c16-15(19-20)13-7-10(5-6-17-13)9-21-14-8-11-3-1-2-4-12(11)18-14/h1-8,18,20H,9H2,(H2,16,19). The first-order chi connectivity index (χ1) is 10.3. The monoisotopic (exact) mass is 298 g/mol. The summed E-state index contributed by atoms with van der Waals surface area (Å²) in [6.45, 7) is 0. The number of rotatable bonds is 4. The van der Waals surface area contributed by atoms with Crippen molar-refractivity contribution in [1.29, 1.82) is 0 Å². The van der Waals surface area contributed by atoms with E-state index in [9.17, 15) is 0 Å². The van der Waals surface area contributed by atoms with Gasteiger partial charge in [0.15, 0.2) is 5.84 Å². The van der Waals surface area contributed by atoms with Gasteiger partial charge in [-0.1, -0.05) is 23.4 Å². The molecule has 2 aromatic heterocycles. The summed E-state index contributed by atoms with van der Waals surface area (Å²) < 4.78 is 0. The molecule has 2 heterocycles. The number of para-hydroxylation sites is 1. The van der Waals surface area contributed by atoms with Crippen LogP contribution >= 0.6 is 11.8 Å². The molecule has 0 unspecified atom stereocenters. The fraction of sp³-hybridized carbons (Fsp3) is 0.0667. The molecule has 106 valence electrons. The molecule has 0 bridgehead atoms. The van der Waals surface area contributed by atoms with Gasteiger partial charge in [0.05, 0.1) is 5.03 Å². The summed E-state index contributed by atoms with van der Waals surface area (Å²) in [4.78, 5) is 7.44. The lowest BCUT2D eigenvalue weighted by Gasteiger charge is -2.02. The molecule has 21 heavy (non-hydrogen) atoms. The van der Waals surface area contributed by atoms with Crippen LogP contribution in [-0.4, -0.2) is 21.0 Å². The van der Waals surface area contributed by atoms with Crippen LogP contribution in [0.1, 0.15) is 11.3 Å². The first-order valence-electron chi connectivity index (χ1n) is 6.39. The highest BCUT2D eigenvalue weighted by atomic mass is 32.2. The Kier molecular flexibility index (Phi) is 3.79. The number of thioether (sulfide) groups is 1. The fourth-order valence-corrected chi connectivity index (χ4v) is 2.94. The van der Waals surface area contributed by atoms with E-state index in [1.54, 1.807) is 18.0 Å². The number of nitrogens with one attached hydrogen (secondary N) is 1. The van der Waals surface area contributed by atoms with E-state index < -0.39 is 0 Å². The Bertz CT molecular complexity index is 764. The van der Waals surface area contributed by atoms with E-state index in [1.807, 2.05) is 24.3 Å². The van der Waals surface area contributed by atoms with Gasteiger partial charge in [-0.2, -0.15) is 0 Å². The van der Waals surface area contributed by atoms with E-state index in [4.69, 9.17) is 10.9 Å². The molecule has 0 amide bonds. The summed E-state index contributed by atoms with van der Waals surface area (Å²) in [6, 6.07) is 14.1. The quantitative estimate of drug-likeness (QED) is 0.227. The van der Waals surface area contributed by atoms with Gasteiger partial charge in [-0.25, -0.2) is 0 Å². The number of H-pyrrole nitrogens is 1. The van der Waals surface area contributed by atoms with Gasteiger partial charge < -0.3 is 15.9 Å². The zero-order valence-corrected chi connectivity index (χ0v) is 12.0. The molecule has 4 N–H and O–H groups in total. The summed E-state index contributed by atoms with van der Waals surface area (Å²) >= 11 is 1.70. The summed E-state index contributed by atoms with van der Waals surface area (Å²) in [7, 11) is 0. The molecule has 3 aromatic rings. The maximum atomic E-state index is 8.68. The number of pyridine rings is 1. The van der Waals surface area contributed by atoms with E-state index in [0.29, 0.717) is 5.69 Å². The van der Waals surface area contributed by atoms with E-state index in [1.165, 1.54) is 5.39 Å². The minimum Gasteiger partial charge on any atom is -0.409 e. The molecular formula is C15H14N4OS. The highest BCUT2D eigenvalue weighted by Crippen LogP contribution is 2.26. The van der Waals surface area contributed by atoms with Crippen molar-refractivity contribution in [3.05, 3.63) is 59.9 Å². The van der Waals surface area contributed by atoms with Crippen LogP contribution < -0.4 is 5.73 Å². The van der Waals surface area contributed by atoms with Crippen molar-refractivity contribution < 1.29 is 5.21 Å². The summed E-state index contributed by atoms with van der Waals surface area (Å²) in [6.07, 6.45) is 1.66. The van der Waals surface area contributed by atoms with Crippen LogP contribution in [-0.2, 0) is 5.75 Å². The van der Waals surface area contributed by atoms with Crippen LogP contribution in [0.25, 0.3) is 10.9 Å². The largest absolute Gasteiger partial charge is 0.409 e. The zero-order chi connectivity index (χ0) is 14.7. The van der Waals surface area contributed by atoms with E-state index in [2.05, 4.69) is 33.3 Å². The van der Waals surface area contributed by atoms with Crippen molar-refractivity contribution in [3.8, 4) is 0 Å². The van der Waals surface area contributed by atoms with Gasteiger partial charge in [0, 0.05) is 22.9 Å². The number of hydrogen-bond acceptors (Lipinski definition) is 4. The third-order valence-electron chi connectivity index (χ3n) is 3.09. The van der Waals surface area contributed by atoms with Crippen molar-refractivity contribution in [1.82, 2.24) is 9.97 Å². The highest BCUT2D eigenvalue weighted by molar-refractivity contribution is 7.98. The molecule has 0 fully saturated rings. The van der Waals surface area contributed by atoms with E-state index >= 15 is 0 Å². The molecule has 0 aliphatic rings. The van der Waals surface area contributed by atoms with Crippen molar-refractivity contribution in [2.24, 2.45) is 10.9 Å². The molecule has 0 atom stereocenters. The normalized spacial score (nSPS) is 11.9. The topological polar surface area (TPSA) is 87.3 Å². The Morgan fingerprint density at radius 1 is 1.29 bits per heavy atom. The van der Waals surface area contributed by atoms with Gasteiger partial charge in [-0.15, -0.1) is 11.8 Å². The lowest BCUT2D eigenvalue weighted by molar-refractivity contribution is 0.318. The van der Waals surface area contributed by atoms with E-state index in [-0.39, 0.29) is 5.84 Å². The lowest BCUT2D eigenvalue weighted by atomic mass is 10.2. The molecule has 0 spiro atoms. The zero-order valence-electron chi connectivity index (χ0n) is 11.2. The average molecular weight is 298 g/mol. The third-order valence-corrected chi connectivity index (χ3v) is 4.10. The number of aromatic amines is 1. The second kappa shape index (κ2) is 5.88. The Morgan fingerprint density at radius 2 is 2.14 bits per heavy atom. The smallest absolute Gasteiger partial charge is 0.188 e. The summed E-state index contributed by atoms with van der Waals surface area (Å²) in [5, 5.41) is 14.0. The molecular weight excluding hydrogens is 284 g/mol. The number of aromatic nitrogens is 2. The number of nitrogens with zero attached hydrogens (tertiary/aromatic N) is 2. The number of nitrogens with two attached hydrogens (primary N) is 1. The van der Waals surface area contributed by atoms with Crippen LogP contribution in [0.3, 0.4) is 0 Å². The number of benzene rings is 1. The molecule has 0 saturated heterocycles. The van der Waals surface area contributed by atoms with Crippen LogP contribution in [0.4, 0.5) is 0 Å². The minimum atomic E-state index is 0.0208. The first kappa shape index (κ1) is 13.5. The van der Waals surface area contributed by atoms with Crippen molar-refractivity contribution in [2.45, 2.75) is 10.8 Å². The number of oxime groups is 1. The lowest BCUT2D eigenvalue weighted by Crippen LogP contribution is -2.15. The highest BCUT2D eigenvalue weighted by Gasteiger charge is 2.04. The predicted octanol–water partition coefficient (Wildman–Crippen LogP) is 2.95. The van der Waals surface area contributed by atoms with Gasteiger partial charge in [0.2, 0.25) is 0 Å². The summed E-state index contributed by atoms with van der Waals surface area (Å²) in [5.74, 6) is 0.800. The second-order valence-electron chi connectivity index (χ2n) is 4.54. The van der Waals surface area contributed by atoms with Crippen molar-refractivity contribution >= 4 is 28.5 Å². The van der Waals surface area contributed by atoms with Crippen molar-refractivity contribution in [2.75, 3.05) is 0 Å². The Balaban J connectivity index is 1.75. The van der Waals surface area contributed by atoms with Crippen LogP contribution in [0, 0.1) is 0 Å². The fourth-order valence-electron chi connectivity index (χ4n) is 2.04. The Morgan fingerprint density at radius 3 is 2.95 bits per heavy atom. The molecule has 6 heteroatoms. The predicted molar refractivity (Wildman–Crippen MR) is 84.6 cm³/mol. The number of hydrogen-bond donors (Lipinski definition) is 3. The van der Waals surface area contributed by atoms with Crippen molar-refractivity contribution in [3.63, 3.8) is 0 Å². The molecule has 0 saturated carbocycles. The molecule has 1 aromatic carbocycles. The van der Waals surface area contributed by atoms with Gasteiger partial charge in [-0.05, 0) is 29.8 Å². The molecule has 0 radical (unpaired) electrons. The molecule has 3 rings (SSSR count). The van der Waals surface area contributed by atoms with Gasteiger partial charge in [-0.3, -0.25) is 4.98 Å². The average Bonchev–Trinajstić information content (AvgIpc) is 2.95. The van der Waals surface area contributed by atoms with Crippen LogP contribution in [0.5, 0.6) is 0 Å². The maximum absolute atomic E-state index is 8.68. The van der Waals surface area contributed by atoms with Gasteiger partial charge in [0.1, 0.15) is 5.69 Å². The first-order valence-corrected chi connectivity index (χ1v) is 7.38. The molecule has 5 nitrogen and oxygen atoms in total. The third kappa shape index (κ3) is 3.00. The second-order valence-corrected chi connectivity index (χ2v) is 5.56. The maximum Gasteiger partial charge on any atom is 0.188 e. The molecule has 0 aliphatic carbocycles. The van der Waals surface area contributed by atoms with Crippen LogP contribution in [0.2, 0.25) is 0 Å². The Hall–Kier alpha value is -2.47. The van der Waals surface area contributed by atoms with Gasteiger partial charge in [0.25, 0.3) is 0 Å². The Labute approximate surface area is 125 Å². The van der Waals surface area contributed by atoms with Gasteiger partial charge >= 0.3 is 0 Å². The minimum absolute atomic E-state index is 0.0208. The SMILES string of the molecule is N/C(=N/O)c1cc(CSc2cc3ccccc3[nH]2)ccn1. The summed E-state index contributed by atoms with van der Waals surface area (Å²) in [5.41, 5.74) is 8.22.